The number of carbonyl (C=O) groups is 5. The van der Waals surface area contributed by atoms with E-state index < -0.39 is 66.9 Å². The molecule has 1 heterocycles. The second kappa shape index (κ2) is 13.6. The van der Waals surface area contributed by atoms with Gasteiger partial charge in [-0.1, -0.05) is 12.1 Å². The third-order valence-corrected chi connectivity index (χ3v) is 5.15. The number of imidazole rings is 1. The number of aromatic nitrogens is 2. The molecule has 0 aliphatic rings. The number of phenols is 1. The lowest BCUT2D eigenvalue weighted by Crippen LogP contribution is -2.58. The van der Waals surface area contributed by atoms with Crippen molar-refractivity contribution in [3.8, 4) is 5.75 Å². The number of H-pyrrole nitrogens is 1. The van der Waals surface area contributed by atoms with Crippen LogP contribution in [0.25, 0.3) is 0 Å². The van der Waals surface area contributed by atoms with Crippen LogP contribution in [0.1, 0.15) is 17.7 Å². The maximum Gasteiger partial charge on any atom is 0.326 e. The normalized spacial score (nSPS) is 14.0. The summed E-state index contributed by atoms with van der Waals surface area (Å²) >= 11 is 0. The molecule has 10 N–H and O–H groups in total. The number of carbonyl (C=O) groups excluding carboxylic acids is 3. The Morgan fingerprint density at radius 2 is 1.49 bits per heavy atom. The lowest BCUT2D eigenvalue weighted by atomic mass is 10.0. The SMILES string of the molecule is NC(CC(=O)O)C(=O)NC(CO)C(=O)NC(Cc1cnc[nH]1)C(=O)NC(Cc1ccc(O)cc1)C(=O)O. The van der Waals surface area contributed by atoms with E-state index >= 15 is 0 Å². The van der Waals surface area contributed by atoms with E-state index in [1.807, 2.05) is 0 Å². The quantitative estimate of drug-likeness (QED) is 0.123. The largest absolute Gasteiger partial charge is 0.508 e. The number of aliphatic carboxylic acids is 2. The molecule has 0 bridgehead atoms. The third-order valence-electron chi connectivity index (χ3n) is 5.15. The molecule has 4 atom stereocenters. The van der Waals surface area contributed by atoms with Gasteiger partial charge in [-0.3, -0.25) is 19.2 Å². The summed E-state index contributed by atoms with van der Waals surface area (Å²) in [6, 6.07) is -0.0907. The molecule has 37 heavy (non-hydrogen) atoms. The molecule has 15 heteroatoms. The molecule has 4 unspecified atom stereocenters. The minimum atomic E-state index is -1.57. The molecule has 0 fully saturated rings. The van der Waals surface area contributed by atoms with Crippen molar-refractivity contribution in [1.29, 1.82) is 0 Å². The van der Waals surface area contributed by atoms with Gasteiger partial charge >= 0.3 is 11.9 Å². The summed E-state index contributed by atoms with van der Waals surface area (Å²) in [5.74, 6) is -5.59. The average Bonchev–Trinajstić information content (AvgIpc) is 3.35. The number of rotatable bonds is 14. The highest BCUT2D eigenvalue weighted by molar-refractivity contribution is 5.95. The van der Waals surface area contributed by atoms with E-state index in [0.717, 1.165) is 0 Å². The molecule has 1 aromatic carbocycles. The number of nitrogens with zero attached hydrogens (tertiary/aromatic N) is 1. The van der Waals surface area contributed by atoms with Gasteiger partial charge in [0, 0.05) is 24.7 Å². The third kappa shape index (κ3) is 9.23. The highest BCUT2D eigenvalue weighted by atomic mass is 16.4. The molecule has 1 aromatic heterocycles. The number of aromatic amines is 1. The van der Waals surface area contributed by atoms with Gasteiger partial charge in [0.25, 0.3) is 0 Å². The van der Waals surface area contributed by atoms with E-state index in [1.54, 1.807) is 0 Å². The van der Waals surface area contributed by atoms with Crippen molar-refractivity contribution in [1.82, 2.24) is 25.9 Å². The van der Waals surface area contributed by atoms with Gasteiger partial charge in [0.15, 0.2) is 0 Å². The minimum Gasteiger partial charge on any atom is -0.508 e. The average molecular weight is 520 g/mol. The molecule has 0 spiro atoms. The summed E-state index contributed by atoms with van der Waals surface area (Å²) in [5, 5.41) is 44.1. The molecule has 15 nitrogen and oxygen atoms in total. The smallest absolute Gasteiger partial charge is 0.326 e. The fraction of sp³-hybridized carbons (Fsp3) is 0.364. The van der Waals surface area contributed by atoms with Gasteiger partial charge in [-0.15, -0.1) is 0 Å². The molecule has 200 valence electrons. The number of carboxylic acids is 2. The Labute approximate surface area is 210 Å². The first-order valence-corrected chi connectivity index (χ1v) is 11.0. The van der Waals surface area contributed by atoms with Crippen molar-refractivity contribution in [2.24, 2.45) is 5.73 Å². The lowest BCUT2D eigenvalue weighted by molar-refractivity contribution is -0.142. The van der Waals surface area contributed by atoms with Crippen LogP contribution in [0.5, 0.6) is 5.75 Å². The molecule has 0 radical (unpaired) electrons. The van der Waals surface area contributed by atoms with Crippen LogP contribution >= 0.6 is 0 Å². The number of benzene rings is 1. The van der Waals surface area contributed by atoms with E-state index in [4.69, 9.17) is 10.8 Å². The molecule has 0 saturated heterocycles. The molecule has 0 aliphatic heterocycles. The van der Waals surface area contributed by atoms with Gasteiger partial charge in [0.2, 0.25) is 17.7 Å². The fourth-order valence-electron chi connectivity index (χ4n) is 3.19. The number of aromatic hydroxyl groups is 1. The van der Waals surface area contributed by atoms with Crippen molar-refractivity contribution >= 4 is 29.7 Å². The van der Waals surface area contributed by atoms with Gasteiger partial charge in [-0.2, -0.15) is 0 Å². The number of hydrogen-bond donors (Lipinski definition) is 9. The van der Waals surface area contributed by atoms with E-state index in [9.17, 15) is 39.3 Å². The Balaban J connectivity index is 2.15. The van der Waals surface area contributed by atoms with Crippen LogP contribution in [0, 0.1) is 0 Å². The van der Waals surface area contributed by atoms with Gasteiger partial charge in [-0.05, 0) is 17.7 Å². The summed E-state index contributed by atoms with van der Waals surface area (Å²) in [4.78, 5) is 67.0. The Morgan fingerprint density at radius 3 is 2.03 bits per heavy atom. The van der Waals surface area contributed by atoms with Crippen molar-refractivity contribution < 1.29 is 44.4 Å². The van der Waals surface area contributed by atoms with Gasteiger partial charge in [-0.25, -0.2) is 9.78 Å². The number of hydrogen-bond acceptors (Lipinski definition) is 9. The van der Waals surface area contributed by atoms with E-state index in [0.29, 0.717) is 11.3 Å². The van der Waals surface area contributed by atoms with Crippen molar-refractivity contribution in [3.05, 3.63) is 48.0 Å². The van der Waals surface area contributed by atoms with Crippen LogP contribution < -0.4 is 21.7 Å². The highest BCUT2D eigenvalue weighted by Crippen LogP contribution is 2.12. The van der Waals surface area contributed by atoms with Crippen LogP contribution in [0.3, 0.4) is 0 Å². The van der Waals surface area contributed by atoms with E-state index in [-0.39, 0.29) is 18.6 Å². The van der Waals surface area contributed by atoms with Crippen LogP contribution in [0.2, 0.25) is 0 Å². The lowest BCUT2D eigenvalue weighted by Gasteiger charge is -2.24. The van der Waals surface area contributed by atoms with Crippen LogP contribution in [-0.4, -0.2) is 90.8 Å². The van der Waals surface area contributed by atoms with Crippen LogP contribution in [0.4, 0.5) is 0 Å². The Bertz CT molecular complexity index is 1090. The van der Waals surface area contributed by atoms with Crippen LogP contribution in [-0.2, 0) is 36.8 Å². The number of nitrogens with two attached hydrogens (primary N) is 1. The monoisotopic (exact) mass is 520 g/mol. The zero-order chi connectivity index (χ0) is 27.5. The van der Waals surface area contributed by atoms with Gasteiger partial charge < -0.3 is 47.1 Å². The molecule has 0 aliphatic carbocycles. The fourth-order valence-corrected chi connectivity index (χ4v) is 3.19. The van der Waals surface area contributed by atoms with Crippen molar-refractivity contribution in [3.63, 3.8) is 0 Å². The zero-order valence-corrected chi connectivity index (χ0v) is 19.5. The van der Waals surface area contributed by atoms with Crippen molar-refractivity contribution in [2.45, 2.75) is 43.4 Å². The molecule has 0 saturated carbocycles. The molecule has 2 rings (SSSR count). The second-order valence-corrected chi connectivity index (χ2v) is 8.06. The Hall–Kier alpha value is -4.50. The number of aliphatic hydroxyl groups is 1. The highest BCUT2D eigenvalue weighted by Gasteiger charge is 2.31. The topological polar surface area (TPSA) is 257 Å². The molecular weight excluding hydrogens is 492 g/mol. The van der Waals surface area contributed by atoms with Gasteiger partial charge in [0.05, 0.1) is 25.4 Å². The maximum absolute atomic E-state index is 13.0. The first kappa shape index (κ1) is 28.7. The summed E-state index contributed by atoms with van der Waals surface area (Å²) in [6.45, 7) is -0.894. The number of amides is 3. The molecular formula is C22H28N6O9. The number of carboxylic acid groups (broad SMARTS) is 2. The van der Waals surface area contributed by atoms with E-state index in [1.165, 1.54) is 36.8 Å². The van der Waals surface area contributed by atoms with Gasteiger partial charge in [0.1, 0.15) is 23.9 Å². The summed E-state index contributed by atoms with van der Waals surface area (Å²) in [7, 11) is 0. The molecule has 2 aromatic rings. The zero-order valence-electron chi connectivity index (χ0n) is 19.5. The van der Waals surface area contributed by atoms with E-state index in [2.05, 4.69) is 25.9 Å². The van der Waals surface area contributed by atoms with Crippen LogP contribution in [0.15, 0.2) is 36.8 Å². The predicted molar refractivity (Wildman–Crippen MR) is 125 cm³/mol. The first-order chi connectivity index (χ1) is 17.5. The maximum atomic E-state index is 13.0. The summed E-state index contributed by atoms with van der Waals surface area (Å²) in [5.41, 5.74) is 6.39. The Kier molecular flexibility index (Phi) is 10.5. The number of nitrogens with one attached hydrogen (secondary N) is 4. The summed E-state index contributed by atoms with van der Waals surface area (Å²) < 4.78 is 0. The first-order valence-electron chi connectivity index (χ1n) is 11.0. The number of aliphatic hydroxyl groups excluding tert-OH is 1. The second-order valence-electron chi connectivity index (χ2n) is 8.06. The minimum absolute atomic E-state index is 0.0172. The van der Waals surface area contributed by atoms with Crippen molar-refractivity contribution in [2.75, 3.05) is 6.61 Å². The predicted octanol–water partition coefficient (Wildman–Crippen LogP) is -2.77. The molecule has 3 amide bonds. The Morgan fingerprint density at radius 1 is 0.892 bits per heavy atom. The number of phenolic OH excluding ortho intramolecular Hbond substituents is 1. The summed E-state index contributed by atoms with van der Waals surface area (Å²) in [6.07, 6.45) is 1.73. The standard InChI is InChI=1S/C22H28N6O9/c23-14(7-18(31)32)19(33)28-17(9-29)21(35)26-15(6-12-8-24-10-25-12)20(34)27-16(22(36)37)5-11-1-3-13(30)4-2-11/h1-4,8,10,14-17,29-30H,5-7,9,23H2,(H,24,25)(H,26,35)(H,27,34)(H,28,33)(H,31,32)(H,36,37).